The Morgan fingerprint density at radius 1 is 0.750 bits per heavy atom. The summed E-state index contributed by atoms with van der Waals surface area (Å²) in [4.78, 5) is 35.2. The van der Waals surface area contributed by atoms with E-state index in [1.54, 1.807) is 49.4 Å². The van der Waals surface area contributed by atoms with E-state index in [-0.39, 0.29) is 23.0 Å². The van der Waals surface area contributed by atoms with E-state index in [0.29, 0.717) is 42.5 Å². The highest BCUT2D eigenvalue weighted by Gasteiger charge is 2.20. The van der Waals surface area contributed by atoms with Crippen molar-refractivity contribution in [1.82, 2.24) is 0 Å². The summed E-state index contributed by atoms with van der Waals surface area (Å²) in [6, 6.07) is 18.3. The van der Waals surface area contributed by atoms with Gasteiger partial charge in [-0.25, -0.2) is 9.59 Å². The van der Waals surface area contributed by atoms with Gasteiger partial charge in [0.15, 0.2) is 0 Å². The number of esters is 2. The summed E-state index contributed by atoms with van der Waals surface area (Å²) in [5.41, 5.74) is 1.79. The Hall–Kier alpha value is -4.66. The molecule has 0 radical (unpaired) electrons. The molecule has 0 N–H and O–H groups in total. The van der Waals surface area contributed by atoms with Crippen LogP contribution in [0.5, 0.6) is 17.2 Å². The minimum absolute atomic E-state index is 0.126. The third kappa shape index (κ3) is 11.2. The average molecular weight is 604 g/mol. The first kappa shape index (κ1) is 33.8. The molecule has 0 aliphatic rings. The summed E-state index contributed by atoms with van der Waals surface area (Å²) in [6.07, 6.45) is 8.48. The van der Waals surface area contributed by atoms with E-state index in [1.165, 1.54) is 12.1 Å². The van der Waals surface area contributed by atoms with Crippen LogP contribution in [0.4, 0.5) is 5.69 Å². The summed E-state index contributed by atoms with van der Waals surface area (Å²) in [6.45, 7) is 8.68. The number of carbonyl (C=O) groups is 2. The number of nitro benzene ring substituents is 1. The average Bonchev–Trinajstić information content (AvgIpc) is 3.02. The fourth-order valence-corrected chi connectivity index (χ4v) is 4.43. The van der Waals surface area contributed by atoms with E-state index in [2.05, 4.69) is 6.58 Å². The van der Waals surface area contributed by atoms with Gasteiger partial charge in [-0.15, -0.1) is 0 Å². The zero-order chi connectivity index (χ0) is 31.7. The largest absolute Gasteiger partial charge is 0.494 e. The molecule has 44 heavy (non-hydrogen) atoms. The predicted molar refractivity (Wildman–Crippen MR) is 169 cm³/mol. The van der Waals surface area contributed by atoms with Gasteiger partial charge in [0, 0.05) is 11.6 Å². The van der Waals surface area contributed by atoms with Gasteiger partial charge in [-0.2, -0.15) is 0 Å². The lowest BCUT2D eigenvalue weighted by atomic mass is 10.0. The normalized spacial score (nSPS) is 10.6. The Morgan fingerprint density at radius 3 is 1.89 bits per heavy atom. The molecule has 0 saturated carbocycles. The maximum atomic E-state index is 12.7. The lowest BCUT2D eigenvalue weighted by Gasteiger charge is -2.09. The van der Waals surface area contributed by atoms with Gasteiger partial charge in [-0.1, -0.05) is 63.3 Å². The van der Waals surface area contributed by atoms with Crippen molar-refractivity contribution < 1.29 is 33.5 Å². The second kappa shape index (κ2) is 18.1. The van der Waals surface area contributed by atoms with Crippen molar-refractivity contribution in [2.45, 2.75) is 65.2 Å². The smallest absolute Gasteiger partial charge is 0.343 e. The highest BCUT2D eigenvalue weighted by molar-refractivity contribution is 5.92. The Morgan fingerprint density at radius 2 is 1.30 bits per heavy atom. The molecule has 9 heteroatoms. The lowest BCUT2D eigenvalue weighted by Crippen LogP contribution is -2.10. The first-order valence-corrected chi connectivity index (χ1v) is 15.1. The molecule has 0 spiro atoms. The Bertz CT molecular complexity index is 1380. The van der Waals surface area contributed by atoms with Crippen molar-refractivity contribution in [3.63, 3.8) is 0 Å². The molecule has 0 aliphatic heterocycles. The Kier molecular flexibility index (Phi) is 13.9. The SMILES string of the molecule is C=C(C)C(=O)OCCCCCCCCCCOc1ccc(C(=O)Oc2ccc(-c3ccc(OCC)cc3)cc2[N+](=O)[O-])cc1. The van der Waals surface area contributed by atoms with E-state index < -0.39 is 10.9 Å². The van der Waals surface area contributed by atoms with Crippen LogP contribution in [0.2, 0.25) is 0 Å². The molecule has 0 saturated heterocycles. The predicted octanol–water partition coefficient (Wildman–Crippen LogP) is 8.50. The van der Waals surface area contributed by atoms with E-state index >= 15 is 0 Å². The molecule has 0 amide bonds. The van der Waals surface area contributed by atoms with Gasteiger partial charge in [0.25, 0.3) is 0 Å². The van der Waals surface area contributed by atoms with Gasteiger partial charge in [0.1, 0.15) is 11.5 Å². The van der Waals surface area contributed by atoms with Gasteiger partial charge in [-0.3, -0.25) is 10.1 Å². The molecule has 9 nitrogen and oxygen atoms in total. The number of carbonyl (C=O) groups excluding carboxylic acids is 2. The van der Waals surface area contributed by atoms with Crippen molar-refractivity contribution in [1.29, 1.82) is 0 Å². The molecule has 0 aromatic heterocycles. The van der Waals surface area contributed by atoms with Crippen LogP contribution in [0.15, 0.2) is 78.9 Å². The summed E-state index contributed by atoms with van der Waals surface area (Å²) in [5.74, 6) is 0.210. The van der Waals surface area contributed by atoms with E-state index in [0.717, 1.165) is 56.9 Å². The van der Waals surface area contributed by atoms with E-state index in [9.17, 15) is 19.7 Å². The standard InChI is InChI=1S/C35H41NO8/c1-4-41-30-18-13-27(14-19-30)29-17-22-33(32(25-29)36(39)40)44-35(38)28-15-20-31(21-16-28)42-23-11-9-7-5-6-8-10-12-24-43-34(37)26(2)3/h13-22,25H,2,4-12,23-24H2,1,3H3. The molecule has 0 fully saturated rings. The minimum Gasteiger partial charge on any atom is -0.494 e. The molecule has 234 valence electrons. The first-order chi connectivity index (χ1) is 21.3. The van der Waals surface area contributed by atoms with Gasteiger partial charge >= 0.3 is 17.6 Å². The number of rotatable bonds is 19. The second-order valence-electron chi connectivity index (χ2n) is 10.4. The van der Waals surface area contributed by atoms with Crippen LogP contribution in [-0.2, 0) is 9.53 Å². The van der Waals surface area contributed by atoms with Crippen molar-refractivity contribution in [3.8, 4) is 28.4 Å². The van der Waals surface area contributed by atoms with Crippen LogP contribution in [0, 0.1) is 10.1 Å². The first-order valence-electron chi connectivity index (χ1n) is 15.1. The molecular formula is C35H41NO8. The molecule has 0 aliphatic carbocycles. The maximum Gasteiger partial charge on any atom is 0.343 e. The molecule has 0 bridgehead atoms. The third-order valence-corrected chi connectivity index (χ3v) is 6.84. The van der Waals surface area contributed by atoms with Crippen LogP contribution < -0.4 is 14.2 Å². The highest BCUT2D eigenvalue weighted by atomic mass is 16.6. The lowest BCUT2D eigenvalue weighted by molar-refractivity contribution is -0.385. The molecule has 3 aromatic carbocycles. The molecule has 0 unspecified atom stereocenters. The van der Waals surface area contributed by atoms with Crippen LogP contribution in [0.25, 0.3) is 11.1 Å². The maximum absolute atomic E-state index is 12.7. The quantitative estimate of drug-likeness (QED) is 0.0335. The monoisotopic (exact) mass is 603 g/mol. The fourth-order valence-electron chi connectivity index (χ4n) is 4.43. The Balaban J connectivity index is 1.37. The van der Waals surface area contributed by atoms with Crippen molar-refractivity contribution >= 4 is 17.6 Å². The van der Waals surface area contributed by atoms with Crippen molar-refractivity contribution in [2.75, 3.05) is 19.8 Å². The molecule has 3 rings (SSSR count). The number of hydrogen-bond acceptors (Lipinski definition) is 8. The number of benzene rings is 3. The number of nitro groups is 1. The van der Waals surface area contributed by atoms with Crippen molar-refractivity contribution in [2.24, 2.45) is 0 Å². The summed E-state index contributed by atoms with van der Waals surface area (Å²) in [7, 11) is 0. The summed E-state index contributed by atoms with van der Waals surface area (Å²) < 4.78 is 21.7. The van der Waals surface area contributed by atoms with Crippen LogP contribution >= 0.6 is 0 Å². The highest BCUT2D eigenvalue weighted by Crippen LogP contribution is 2.33. The third-order valence-electron chi connectivity index (χ3n) is 6.84. The number of unbranched alkanes of at least 4 members (excludes halogenated alkanes) is 7. The number of hydrogen-bond donors (Lipinski definition) is 0. The van der Waals surface area contributed by atoms with Gasteiger partial charge in [0.05, 0.1) is 30.3 Å². The second-order valence-corrected chi connectivity index (χ2v) is 10.4. The zero-order valence-electron chi connectivity index (χ0n) is 25.5. The minimum atomic E-state index is -0.693. The molecular weight excluding hydrogens is 562 g/mol. The van der Waals surface area contributed by atoms with E-state index in [1.807, 2.05) is 19.1 Å². The van der Waals surface area contributed by atoms with Crippen LogP contribution in [0.1, 0.15) is 75.6 Å². The zero-order valence-corrected chi connectivity index (χ0v) is 25.5. The van der Waals surface area contributed by atoms with Gasteiger partial charge < -0.3 is 18.9 Å². The number of ether oxygens (including phenoxy) is 4. The van der Waals surface area contributed by atoms with Crippen LogP contribution in [0.3, 0.4) is 0 Å². The van der Waals surface area contributed by atoms with Crippen LogP contribution in [-0.4, -0.2) is 36.7 Å². The summed E-state index contributed by atoms with van der Waals surface area (Å²) >= 11 is 0. The summed E-state index contributed by atoms with van der Waals surface area (Å²) in [5, 5.41) is 11.8. The number of nitrogens with zero attached hydrogens (tertiary/aromatic N) is 1. The molecule has 0 atom stereocenters. The van der Waals surface area contributed by atoms with Crippen molar-refractivity contribution in [3.05, 3.63) is 94.6 Å². The van der Waals surface area contributed by atoms with Gasteiger partial charge in [0.2, 0.25) is 5.75 Å². The molecule has 0 heterocycles. The van der Waals surface area contributed by atoms with Gasteiger partial charge in [-0.05, 0) is 80.3 Å². The molecule has 3 aromatic rings. The van der Waals surface area contributed by atoms with E-state index in [4.69, 9.17) is 18.9 Å². The Labute approximate surface area is 258 Å². The topological polar surface area (TPSA) is 114 Å². The fraction of sp³-hybridized carbons (Fsp3) is 0.371.